The molecule has 0 bridgehead atoms. The Morgan fingerprint density at radius 1 is 0.839 bits per heavy atom. The zero-order valence-electron chi connectivity index (χ0n) is 16.9. The number of furan rings is 1. The number of hydrogen-bond acceptors (Lipinski definition) is 3. The Morgan fingerprint density at radius 3 is 1.97 bits per heavy atom. The predicted octanol–water partition coefficient (Wildman–Crippen LogP) is 6.42. The van der Waals surface area contributed by atoms with Gasteiger partial charge in [-0.2, -0.15) is 0 Å². The van der Waals surface area contributed by atoms with E-state index in [1.807, 2.05) is 72.8 Å². The summed E-state index contributed by atoms with van der Waals surface area (Å²) < 4.78 is 13.4. The molecule has 1 aromatic heterocycles. The van der Waals surface area contributed by atoms with Gasteiger partial charge in [0.05, 0.1) is 5.69 Å². The van der Waals surface area contributed by atoms with E-state index in [-0.39, 0.29) is 5.91 Å². The minimum Gasteiger partial charge on any atom is -0.450 e. The van der Waals surface area contributed by atoms with Crippen molar-refractivity contribution in [3.8, 4) is 0 Å². The van der Waals surface area contributed by atoms with Crippen molar-refractivity contribution in [3.05, 3.63) is 124 Å². The lowest BCUT2D eigenvalue weighted by Crippen LogP contribution is -2.47. The summed E-state index contributed by atoms with van der Waals surface area (Å²) in [5.74, 6) is 0.424. The number of rotatable bonds is 3. The first kappa shape index (κ1) is 19.8. The average Bonchev–Trinajstić information content (AvgIpc) is 3.25. The molecule has 0 saturated heterocycles. The number of fused-ring (bicyclic) bond motifs is 1. The highest BCUT2D eigenvalue weighted by Crippen LogP contribution is 2.52. The first-order valence-electron chi connectivity index (χ1n) is 10.0. The summed E-state index contributed by atoms with van der Waals surface area (Å²) in [5.41, 5.74) is 2.74. The third-order valence-corrected chi connectivity index (χ3v) is 6.03. The third kappa shape index (κ3) is 3.21. The standard InChI is InChI=1S/C26H20BrNO3/c1-18(29)28-22-15-9-8-14-21(22)26(19-10-4-2-5-11-19,20-12-6-3-7-13-20)31-25(28)23-16-17-24(27)30-23/h2-17,25H,1H3/t25-/m0/s1. The Labute approximate surface area is 189 Å². The normalized spacial score (nSPS) is 17.2. The Morgan fingerprint density at radius 2 is 1.42 bits per heavy atom. The molecule has 3 aromatic carbocycles. The van der Waals surface area contributed by atoms with Crippen LogP contribution in [0.1, 0.15) is 35.6 Å². The number of ether oxygens (including phenoxy) is 1. The van der Waals surface area contributed by atoms with Gasteiger partial charge in [0.2, 0.25) is 5.91 Å². The molecule has 0 N–H and O–H groups in total. The van der Waals surface area contributed by atoms with Gasteiger partial charge in [0.1, 0.15) is 5.60 Å². The van der Waals surface area contributed by atoms with Crippen LogP contribution in [0.4, 0.5) is 5.69 Å². The van der Waals surface area contributed by atoms with Gasteiger partial charge in [-0.15, -0.1) is 0 Å². The molecule has 1 aliphatic heterocycles. The number of benzene rings is 3. The van der Waals surface area contributed by atoms with E-state index >= 15 is 0 Å². The fourth-order valence-corrected chi connectivity index (χ4v) is 4.65. The van der Waals surface area contributed by atoms with E-state index in [9.17, 15) is 4.79 Å². The lowest BCUT2D eigenvalue weighted by molar-refractivity contribution is -0.125. The Kier molecular flexibility index (Phi) is 5.00. The van der Waals surface area contributed by atoms with Crippen molar-refractivity contribution in [1.82, 2.24) is 0 Å². The van der Waals surface area contributed by atoms with Crippen LogP contribution in [0, 0.1) is 0 Å². The van der Waals surface area contributed by atoms with Gasteiger partial charge in [-0.25, -0.2) is 0 Å². The number of halogens is 1. The molecule has 0 saturated carbocycles. The molecule has 4 nitrogen and oxygen atoms in total. The molecule has 1 atom stereocenters. The summed E-state index contributed by atoms with van der Waals surface area (Å²) in [5, 5.41) is 0. The van der Waals surface area contributed by atoms with E-state index in [1.165, 1.54) is 0 Å². The fraction of sp³-hybridized carbons (Fsp3) is 0.115. The van der Waals surface area contributed by atoms with Gasteiger partial charge in [0.25, 0.3) is 0 Å². The average molecular weight is 474 g/mol. The molecule has 5 heteroatoms. The van der Waals surface area contributed by atoms with E-state index in [0.29, 0.717) is 10.4 Å². The zero-order valence-corrected chi connectivity index (χ0v) is 18.5. The monoisotopic (exact) mass is 473 g/mol. The van der Waals surface area contributed by atoms with Gasteiger partial charge < -0.3 is 9.15 Å². The molecule has 0 aliphatic carbocycles. The van der Waals surface area contributed by atoms with Crippen LogP contribution in [0.15, 0.2) is 106 Å². The van der Waals surface area contributed by atoms with Crippen LogP contribution in [0.5, 0.6) is 0 Å². The topological polar surface area (TPSA) is 42.7 Å². The van der Waals surface area contributed by atoms with Crippen molar-refractivity contribution in [1.29, 1.82) is 0 Å². The second-order valence-electron chi connectivity index (χ2n) is 7.43. The lowest BCUT2D eigenvalue weighted by Gasteiger charge is -2.47. The fourth-order valence-electron chi connectivity index (χ4n) is 4.33. The highest BCUT2D eigenvalue weighted by atomic mass is 79.9. The second kappa shape index (κ2) is 7.84. The molecule has 154 valence electrons. The lowest BCUT2D eigenvalue weighted by atomic mass is 9.78. The van der Waals surface area contributed by atoms with E-state index in [0.717, 1.165) is 22.4 Å². The van der Waals surface area contributed by atoms with Crippen LogP contribution in [0.25, 0.3) is 0 Å². The maximum absolute atomic E-state index is 12.8. The Hall–Kier alpha value is -3.15. The summed E-state index contributed by atoms with van der Waals surface area (Å²) in [7, 11) is 0. The Bertz CT molecular complexity index is 1180. The predicted molar refractivity (Wildman–Crippen MR) is 123 cm³/mol. The maximum Gasteiger partial charge on any atom is 0.226 e. The van der Waals surface area contributed by atoms with E-state index in [4.69, 9.17) is 9.15 Å². The van der Waals surface area contributed by atoms with E-state index in [1.54, 1.807) is 11.8 Å². The number of carbonyl (C=O) groups excluding carboxylic acids is 1. The highest BCUT2D eigenvalue weighted by molar-refractivity contribution is 9.10. The molecule has 31 heavy (non-hydrogen) atoms. The molecule has 5 rings (SSSR count). The minimum absolute atomic E-state index is 0.125. The van der Waals surface area contributed by atoms with Gasteiger partial charge in [0.15, 0.2) is 16.7 Å². The van der Waals surface area contributed by atoms with Gasteiger partial charge in [-0.05, 0) is 45.3 Å². The van der Waals surface area contributed by atoms with Crippen molar-refractivity contribution in [3.63, 3.8) is 0 Å². The number of para-hydroxylation sites is 1. The number of hydrogen-bond donors (Lipinski definition) is 0. The van der Waals surface area contributed by atoms with Crippen LogP contribution in [-0.2, 0) is 15.1 Å². The summed E-state index contributed by atoms with van der Waals surface area (Å²) in [6.07, 6.45) is -0.737. The van der Waals surface area contributed by atoms with Crippen molar-refractivity contribution < 1.29 is 13.9 Å². The van der Waals surface area contributed by atoms with Crippen LogP contribution in [-0.4, -0.2) is 5.91 Å². The minimum atomic E-state index is -0.922. The molecule has 0 unspecified atom stereocenters. The molecular formula is C26H20BrNO3. The number of nitrogens with zero attached hydrogens (tertiary/aromatic N) is 1. The van der Waals surface area contributed by atoms with Crippen molar-refractivity contribution in [2.24, 2.45) is 0 Å². The van der Waals surface area contributed by atoms with Crippen molar-refractivity contribution >= 4 is 27.5 Å². The first-order valence-corrected chi connectivity index (χ1v) is 10.8. The number of carbonyl (C=O) groups is 1. The van der Waals surface area contributed by atoms with Crippen LogP contribution >= 0.6 is 15.9 Å². The molecule has 0 fully saturated rings. The van der Waals surface area contributed by atoms with Gasteiger partial charge in [-0.1, -0.05) is 78.9 Å². The SMILES string of the molecule is CC(=O)N1c2ccccc2C(c2ccccc2)(c2ccccc2)O[C@H]1c1ccc(Br)o1. The Balaban J connectivity index is 1.85. The molecule has 0 radical (unpaired) electrons. The van der Waals surface area contributed by atoms with Crippen LogP contribution in [0.3, 0.4) is 0 Å². The van der Waals surface area contributed by atoms with Gasteiger partial charge in [0, 0.05) is 12.5 Å². The zero-order chi connectivity index (χ0) is 21.4. The summed E-state index contributed by atoms with van der Waals surface area (Å²) in [4.78, 5) is 14.5. The molecule has 4 aromatic rings. The third-order valence-electron chi connectivity index (χ3n) is 5.60. The quantitative estimate of drug-likeness (QED) is 0.344. The first-order chi connectivity index (χ1) is 15.1. The van der Waals surface area contributed by atoms with Gasteiger partial charge in [-0.3, -0.25) is 9.69 Å². The molecule has 1 aliphatic rings. The summed E-state index contributed by atoms with van der Waals surface area (Å²) in [6, 6.07) is 31.8. The smallest absolute Gasteiger partial charge is 0.226 e. The highest BCUT2D eigenvalue weighted by Gasteiger charge is 2.49. The van der Waals surface area contributed by atoms with Crippen LogP contribution < -0.4 is 4.90 Å². The second-order valence-corrected chi connectivity index (χ2v) is 8.21. The van der Waals surface area contributed by atoms with Gasteiger partial charge >= 0.3 is 0 Å². The van der Waals surface area contributed by atoms with Crippen LogP contribution in [0.2, 0.25) is 0 Å². The maximum atomic E-state index is 12.8. The molecule has 2 heterocycles. The number of anilines is 1. The summed E-state index contributed by atoms with van der Waals surface area (Å²) >= 11 is 3.38. The summed E-state index contributed by atoms with van der Waals surface area (Å²) in [6.45, 7) is 1.54. The number of amides is 1. The van der Waals surface area contributed by atoms with E-state index in [2.05, 4.69) is 40.2 Å². The molecule has 0 spiro atoms. The van der Waals surface area contributed by atoms with E-state index < -0.39 is 11.8 Å². The molecule has 1 amide bonds. The molecular weight excluding hydrogens is 454 g/mol. The largest absolute Gasteiger partial charge is 0.450 e. The van der Waals surface area contributed by atoms with Crippen molar-refractivity contribution in [2.75, 3.05) is 4.90 Å². The van der Waals surface area contributed by atoms with Crippen molar-refractivity contribution in [2.45, 2.75) is 18.8 Å².